The Morgan fingerprint density at radius 1 is 1.17 bits per heavy atom. The number of nitrogens with one attached hydrogen (secondary N) is 1. The summed E-state index contributed by atoms with van der Waals surface area (Å²) in [7, 11) is 0. The van der Waals surface area contributed by atoms with Crippen LogP contribution >= 0.6 is 0 Å². The smallest absolute Gasteiger partial charge is 0.335 e. The molecule has 2 aromatic rings. The van der Waals surface area contributed by atoms with Gasteiger partial charge in [-0.2, -0.15) is 0 Å². The highest BCUT2D eigenvalue weighted by Gasteiger charge is 2.37. The van der Waals surface area contributed by atoms with Gasteiger partial charge in [-0.05, 0) is 29.8 Å². The van der Waals surface area contributed by atoms with Crippen LogP contribution in [0.15, 0.2) is 54.1 Å². The molecule has 0 aliphatic carbocycles. The number of hydrogen-bond acceptors (Lipinski definition) is 7. The van der Waals surface area contributed by atoms with Crippen LogP contribution in [0.1, 0.15) is 5.56 Å². The van der Waals surface area contributed by atoms with Crippen molar-refractivity contribution in [3.63, 3.8) is 0 Å². The summed E-state index contributed by atoms with van der Waals surface area (Å²) in [5.74, 6) is -2.27. The van der Waals surface area contributed by atoms with E-state index in [1.165, 1.54) is 30.3 Å². The van der Waals surface area contributed by atoms with Gasteiger partial charge in [0, 0.05) is 12.1 Å². The molecule has 11 heteroatoms. The largest absolute Gasteiger partial charge is 0.484 e. The summed E-state index contributed by atoms with van der Waals surface area (Å²) >= 11 is 0. The van der Waals surface area contributed by atoms with Crippen molar-refractivity contribution in [2.45, 2.75) is 0 Å². The van der Waals surface area contributed by atoms with Crippen molar-refractivity contribution in [2.24, 2.45) is 5.73 Å². The minimum absolute atomic E-state index is 0.0661. The molecule has 1 fully saturated rings. The lowest BCUT2D eigenvalue weighted by molar-refractivity contribution is -0.384. The number of nitro groups is 1. The second kappa shape index (κ2) is 8.22. The number of anilines is 1. The fourth-order valence-electron chi connectivity index (χ4n) is 2.65. The third-order valence-corrected chi connectivity index (χ3v) is 3.95. The molecule has 5 amide bonds. The van der Waals surface area contributed by atoms with Crippen molar-refractivity contribution >= 4 is 41.2 Å². The minimum Gasteiger partial charge on any atom is -0.484 e. The molecule has 1 aliphatic heterocycles. The van der Waals surface area contributed by atoms with Gasteiger partial charge < -0.3 is 10.5 Å². The van der Waals surface area contributed by atoms with Crippen molar-refractivity contribution in [1.29, 1.82) is 0 Å². The zero-order valence-electron chi connectivity index (χ0n) is 15.2. The summed E-state index contributed by atoms with van der Waals surface area (Å²) in [6, 6.07) is 10.0. The fraction of sp³-hybridized carbons (Fsp3) is 0.0526. The maximum Gasteiger partial charge on any atom is 0.335 e. The van der Waals surface area contributed by atoms with Gasteiger partial charge in [0.1, 0.15) is 11.3 Å². The van der Waals surface area contributed by atoms with E-state index >= 15 is 0 Å². The van der Waals surface area contributed by atoms with E-state index in [-0.39, 0.29) is 29.3 Å². The molecule has 0 saturated carbocycles. The molecule has 0 radical (unpaired) electrons. The van der Waals surface area contributed by atoms with Crippen LogP contribution in [0.25, 0.3) is 6.08 Å². The first-order chi connectivity index (χ1) is 14.3. The lowest BCUT2D eigenvalue weighted by Gasteiger charge is -2.26. The van der Waals surface area contributed by atoms with Gasteiger partial charge in [-0.1, -0.05) is 18.2 Å². The number of nitro benzene ring substituents is 1. The molecular formula is C19H14N4O7. The fourth-order valence-corrected chi connectivity index (χ4v) is 2.65. The average molecular weight is 410 g/mol. The lowest BCUT2D eigenvalue weighted by Crippen LogP contribution is -2.54. The summed E-state index contributed by atoms with van der Waals surface area (Å²) in [5.41, 5.74) is 4.64. The summed E-state index contributed by atoms with van der Waals surface area (Å²) in [4.78, 5) is 59.1. The molecule has 0 spiro atoms. The summed E-state index contributed by atoms with van der Waals surface area (Å²) in [6.45, 7) is -0.353. The van der Waals surface area contributed by atoms with Crippen molar-refractivity contribution in [3.05, 3.63) is 69.8 Å². The maximum atomic E-state index is 12.8. The highest BCUT2D eigenvalue weighted by molar-refractivity contribution is 6.39. The number of urea groups is 1. The average Bonchev–Trinajstić information content (AvgIpc) is 2.70. The number of nitrogens with two attached hydrogens (primary N) is 1. The van der Waals surface area contributed by atoms with E-state index in [4.69, 9.17) is 10.5 Å². The molecule has 0 atom stereocenters. The number of carbonyl (C=O) groups is 4. The molecule has 30 heavy (non-hydrogen) atoms. The van der Waals surface area contributed by atoms with E-state index < -0.39 is 28.7 Å². The Labute approximate surface area is 168 Å². The molecule has 1 heterocycles. The van der Waals surface area contributed by atoms with Gasteiger partial charge in [0.15, 0.2) is 6.61 Å². The highest BCUT2D eigenvalue weighted by atomic mass is 16.6. The molecule has 1 aliphatic rings. The summed E-state index contributed by atoms with van der Waals surface area (Å²) in [6.07, 6.45) is 1.23. The normalized spacial score (nSPS) is 15.1. The van der Waals surface area contributed by atoms with Gasteiger partial charge in [0.2, 0.25) is 0 Å². The predicted octanol–water partition coefficient (Wildman–Crippen LogP) is 1.13. The zero-order chi connectivity index (χ0) is 21.8. The molecule has 0 aromatic heterocycles. The van der Waals surface area contributed by atoms with Crippen molar-refractivity contribution in [3.8, 4) is 5.75 Å². The quantitative estimate of drug-likeness (QED) is 0.312. The van der Waals surface area contributed by atoms with Crippen LogP contribution < -0.4 is 20.7 Å². The number of imide groups is 2. The summed E-state index contributed by atoms with van der Waals surface area (Å²) < 4.78 is 5.18. The molecule has 152 valence electrons. The number of ether oxygens (including phenoxy) is 1. The molecule has 1 saturated heterocycles. The second-order valence-electron chi connectivity index (χ2n) is 6.06. The Hall–Kier alpha value is -4.54. The standard InChI is InChI=1S/C19H14N4O7/c20-16(24)10-30-14-6-1-3-11(7-14)8-15-17(25)21-19(27)22(18(15)26)12-4-2-5-13(9-12)23(28)29/h1-9H,10H2,(H2,20,24)(H,21,25,27)/b15-8-. The molecule has 2 aromatic carbocycles. The Morgan fingerprint density at radius 3 is 2.60 bits per heavy atom. The zero-order valence-corrected chi connectivity index (χ0v) is 15.2. The molecule has 3 rings (SSSR count). The molecule has 0 bridgehead atoms. The van der Waals surface area contributed by atoms with E-state index in [0.29, 0.717) is 10.5 Å². The SMILES string of the molecule is NC(=O)COc1cccc(/C=C2/C(=O)NC(=O)N(c3cccc([N+](=O)[O-])c3)C2=O)c1. The van der Waals surface area contributed by atoms with Gasteiger partial charge in [0.05, 0.1) is 10.6 Å². The predicted molar refractivity (Wildman–Crippen MR) is 103 cm³/mol. The van der Waals surface area contributed by atoms with E-state index in [1.54, 1.807) is 18.2 Å². The Balaban J connectivity index is 1.95. The second-order valence-corrected chi connectivity index (χ2v) is 6.06. The van der Waals surface area contributed by atoms with Crippen LogP contribution in [0.3, 0.4) is 0 Å². The third kappa shape index (κ3) is 4.30. The summed E-state index contributed by atoms with van der Waals surface area (Å²) in [5, 5.41) is 13.0. The van der Waals surface area contributed by atoms with Gasteiger partial charge in [-0.25, -0.2) is 9.69 Å². The van der Waals surface area contributed by atoms with Crippen LogP contribution in [0.2, 0.25) is 0 Å². The van der Waals surface area contributed by atoms with Crippen molar-refractivity contribution in [2.75, 3.05) is 11.5 Å². The van der Waals surface area contributed by atoms with Crippen LogP contribution in [0, 0.1) is 10.1 Å². The Kier molecular flexibility index (Phi) is 5.54. The first-order valence-corrected chi connectivity index (χ1v) is 8.43. The number of barbiturate groups is 1. The van der Waals surface area contributed by atoms with Crippen molar-refractivity contribution in [1.82, 2.24) is 5.32 Å². The lowest BCUT2D eigenvalue weighted by atomic mass is 10.1. The van der Waals surface area contributed by atoms with Crippen LogP contribution in [-0.2, 0) is 14.4 Å². The number of amides is 5. The van der Waals surface area contributed by atoms with Crippen LogP contribution in [0.4, 0.5) is 16.2 Å². The minimum atomic E-state index is -1.03. The van der Waals surface area contributed by atoms with E-state index in [2.05, 4.69) is 0 Å². The monoisotopic (exact) mass is 410 g/mol. The number of carbonyl (C=O) groups excluding carboxylic acids is 4. The first kappa shape index (κ1) is 20.2. The van der Waals surface area contributed by atoms with Crippen LogP contribution in [0.5, 0.6) is 5.75 Å². The van der Waals surface area contributed by atoms with Crippen molar-refractivity contribution < 1.29 is 28.8 Å². The Bertz CT molecular complexity index is 1110. The number of hydrogen-bond donors (Lipinski definition) is 2. The van der Waals surface area contributed by atoms with Gasteiger partial charge >= 0.3 is 6.03 Å². The number of non-ortho nitro benzene ring substituents is 1. The van der Waals surface area contributed by atoms with E-state index in [1.807, 2.05) is 5.32 Å². The maximum absolute atomic E-state index is 12.8. The number of nitrogens with zero attached hydrogens (tertiary/aromatic N) is 2. The molecular weight excluding hydrogens is 396 g/mol. The first-order valence-electron chi connectivity index (χ1n) is 8.43. The highest BCUT2D eigenvalue weighted by Crippen LogP contribution is 2.26. The third-order valence-electron chi connectivity index (χ3n) is 3.95. The van der Waals surface area contributed by atoms with E-state index in [0.717, 1.165) is 6.07 Å². The van der Waals surface area contributed by atoms with Crippen LogP contribution in [-0.4, -0.2) is 35.3 Å². The molecule has 3 N–H and O–H groups in total. The molecule has 0 unspecified atom stereocenters. The Morgan fingerprint density at radius 2 is 1.90 bits per heavy atom. The molecule has 11 nitrogen and oxygen atoms in total. The van der Waals surface area contributed by atoms with E-state index in [9.17, 15) is 29.3 Å². The number of rotatable bonds is 6. The van der Waals surface area contributed by atoms with Gasteiger partial charge in [-0.15, -0.1) is 0 Å². The topological polar surface area (TPSA) is 162 Å². The number of primary amides is 1. The van der Waals surface area contributed by atoms with Gasteiger partial charge in [-0.3, -0.25) is 29.8 Å². The van der Waals surface area contributed by atoms with Gasteiger partial charge in [0.25, 0.3) is 23.4 Å². The number of benzene rings is 2.